The number of carbonyl (C=O) groups is 1. The van der Waals surface area contributed by atoms with Crippen molar-refractivity contribution in [3.05, 3.63) is 48.3 Å². The monoisotopic (exact) mass is 448 g/mol. The van der Waals surface area contributed by atoms with Crippen LogP contribution in [0.2, 0.25) is 0 Å². The number of rotatable bonds is 6. The van der Waals surface area contributed by atoms with Gasteiger partial charge in [0.05, 0.1) is 24.5 Å². The number of likely N-dealkylation sites (tertiary alicyclic amines) is 1. The van der Waals surface area contributed by atoms with Gasteiger partial charge < -0.3 is 24.4 Å². The summed E-state index contributed by atoms with van der Waals surface area (Å²) in [7, 11) is 1.59. The van der Waals surface area contributed by atoms with Crippen molar-refractivity contribution >= 4 is 22.5 Å². The molecule has 0 saturated carbocycles. The Hall–Kier alpha value is -3.39. The third-order valence-electron chi connectivity index (χ3n) is 6.29. The Kier molecular flexibility index (Phi) is 6.26. The number of piperidine rings is 1. The molecule has 2 aliphatic heterocycles. The number of para-hydroxylation sites is 1. The molecule has 1 saturated heterocycles. The van der Waals surface area contributed by atoms with Gasteiger partial charge in [-0.15, -0.1) is 0 Å². The fourth-order valence-corrected chi connectivity index (χ4v) is 4.40. The summed E-state index contributed by atoms with van der Waals surface area (Å²) in [6, 6.07) is 11.5. The van der Waals surface area contributed by atoms with Crippen LogP contribution in [0.15, 0.2) is 42.6 Å². The Balaban J connectivity index is 1.14. The molecule has 0 radical (unpaired) electrons. The van der Waals surface area contributed by atoms with Gasteiger partial charge >= 0.3 is 0 Å². The molecule has 1 aromatic carbocycles. The van der Waals surface area contributed by atoms with Crippen LogP contribution in [0.5, 0.6) is 17.4 Å². The third kappa shape index (κ3) is 4.85. The topological polar surface area (TPSA) is 85.8 Å². The normalized spacial score (nSPS) is 16.5. The minimum absolute atomic E-state index is 0.00506. The molecule has 0 spiro atoms. The van der Waals surface area contributed by atoms with Gasteiger partial charge in [-0.2, -0.15) is 0 Å². The van der Waals surface area contributed by atoms with Crippen LogP contribution < -0.4 is 19.5 Å². The summed E-state index contributed by atoms with van der Waals surface area (Å²) < 4.78 is 16.4. The van der Waals surface area contributed by atoms with Crippen LogP contribution in [-0.2, 0) is 11.2 Å². The maximum Gasteiger partial charge on any atom is 0.227 e. The molecule has 33 heavy (non-hydrogen) atoms. The van der Waals surface area contributed by atoms with Crippen LogP contribution in [0.1, 0.15) is 18.5 Å². The van der Waals surface area contributed by atoms with Crippen molar-refractivity contribution in [2.45, 2.75) is 19.3 Å². The van der Waals surface area contributed by atoms with E-state index in [0.717, 1.165) is 72.7 Å². The number of benzene rings is 1. The second kappa shape index (κ2) is 9.62. The van der Waals surface area contributed by atoms with Crippen molar-refractivity contribution in [1.29, 1.82) is 0 Å². The summed E-state index contributed by atoms with van der Waals surface area (Å²) in [5.74, 6) is 2.08. The van der Waals surface area contributed by atoms with Crippen molar-refractivity contribution in [2.24, 2.45) is 5.92 Å². The SMILES string of the molecule is COc1ccc2cccc(NC(=O)C3CCN(CCc4cc5c(cn4)OCCO5)CC3)c2n1. The Morgan fingerprint density at radius 2 is 1.97 bits per heavy atom. The predicted molar refractivity (Wildman–Crippen MR) is 125 cm³/mol. The number of anilines is 1. The van der Waals surface area contributed by atoms with E-state index in [1.54, 1.807) is 13.3 Å². The van der Waals surface area contributed by atoms with Crippen molar-refractivity contribution in [2.75, 3.05) is 45.3 Å². The maximum absolute atomic E-state index is 13.0. The van der Waals surface area contributed by atoms with E-state index < -0.39 is 0 Å². The van der Waals surface area contributed by atoms with Crippen molar-refractivity contribution in [3.63, 3.8) is 0 Å². The van der Waals surface area contributed by atoms with Crippen LogP contribution >= 0.6 is 0 Å². The van der Waals surface area contributed by atoms with Crippen molar-refractivity contribution < 1.29 is 19.0 Å². The zero-order valence-corrected chi connectivity index (χ0v) is 18.8. The summed E-state index contributed by atoms with van der Waals surface area (Å²) in [6.45, 7) is 3.85. The number of nitrogens with one attached hydrogen (secondary N) is 1. The molecule has 2 aromatic heterocycles. The van der Waals surface area contributed by atoms with Gasteiger partial charge in [0.2, 0.25) is 11.8 Å². The number of methoxy groups -OCH3 is 1. The number of fused-ring (bicyclic) bond motifs is 2. The number of amides is 1. The lowest BCUT2D eigenvalue weighted by Gasteiger charge is -2.31. The molecule has 8 nitrogen and oxygen atoms in total. The Morgan fingerprint density at radius 1 is 1.15 bits per heavy atom. The van der Waals surface area contributed by atoms with Crippen LogP contribution in [0, 0.1) is 5.92 Å². The first-order chi connectivity index (χ1) is 16.2. The zero-order chi connectivity index (χ0) is 22.6. The number of hydrogen-bond acceptors (Lipinski definition) is 7. The number of hydrogen-bond donors (Lipinski definition) is 1. The smallest absolute Gasteiger partial charge is 0.227 e. The minimum Gasteiger partial charge on any atom is -0.486 e. The van der Waals surface area contributed by atoms with Gasteiger partial charge in [0, 0.05) is 42.1 Å². The molecule has 2 aliphatic rings. The van der Waals surface area contributed by atoms with E-state index in [0.29, 0.717) is 19.1 Å². The van der Waals surface area contributed by atoms with E-state index in [4.69, 9.17) is 14.2 Å². The number of aromatic nitrogens is 2. The standard InChI is InChI=1S/C25H28N4O4/c1-31-23-6-5-17-3-2-4-20(24(17)28-23)27-25(30)18-7-10-29(11-8-18)12-9-19-15-21-22(16-26-19)33-14-13-32-21/h2-6,15-16,18H,7-14H2,1H3,(H,27,30). The molecule has 1 N–H and O–H groups in total. The van der Waals surface area contributed by atoms with E-state index in [9.17, 15) is 4.79 Å². The van der Waals surface area contributed by atoms with Gasteiger partial charge in [0.1, 0.15) is 13.2 Å². The lowest BCUT2D eigenvalue weighted by Crippen LogP contribution is -2.39. The van der Waals surface area contributed by atoms with Crippen molar-refractivity contribution in [3.8, 4) is 17.4 Å². The fraction of sp³-hybridized carbons (Fsp3) is 0.400. The highest BCUT2D eigenvalue weighted by Gasteiger charge is 2.25. The molecule has 0 atom stereocenters. The summed E-state index contributed by atoms with van der Waals surface area (Å²) in [5.41, 5.74) is 2.47. The number of nitrogens with zero attached hydrogens (tertiary/aromatic N) is 3. The molecular weight excluding hydrogens is 420 g/mol. The van der Waals surface area contributed by atoms with Crippen LogP contribution in [0.3, 0.4) is 0 Å². The largest absolute Gasteiger partial charge is 0.486 e. The van der Waals surface area contributed by atoms with E-state index in [-0.39, 0.29) is 11.8 Å². The Bertz CT molecular complexity index is 1140. The van der Waals surface area contributed by atoms with E-state index in [1.165, 1.54) is 0 Å². The van der Waals surface area contributed by atoms with Gasteiger partial charge in [-0.3, -0.25) is 9.78 Å². The highest BCUT2D eigenvalue weighted by molar-refractivity contribution is 6.01. The summed E-state index contributed by atoms with van der Waals surface area (Å²) >= 11 is 0. The second-order valence-corrected chi connectivity index (χ2v) is 8.41. The molecule has 0 unspecified atom stereocenters. The molecular formula is C25H28N4O4. The third-order valence-corrected chi connectivity index (χ3v) is 6.29. The number of ether oxygens (including phenoxy) is 3. The molecule has 3 aromatic rings. The minimum atomic E-state index is -0.00506. The number of pyridine rings is 2. The lowest BCUT2D eigenvalue weighted by molar-refractivity contribution is -0.121. The van der Waals surface area contributed by atoms with Crippen LogP contribution in [0.4, 0.5) is 5.69 Å². The van der Waals surface area contributed by atoms with E-state index >= 15 is 0 Å². The van der Waals surface area contributed by atoms with Gasteiger partial charge in [-0.05, 0) is 38.1 Å². The second-order valence-electron chi connectivity index (χ2n) is 8.41. The molecule has 172 valence electrons. The fourth-order valence-electron chi connectivity index (χ4n) is 4.40. The molecule has 1 amide bonds. The predicted octanol–water partition coefficient (Wildman–Crippen LogP) is 3.30. The zero-order valence-electron chi connectivity index (χ0n) is 18.8. The quantitative estimate of drug-likeness (QED) is 0.619. The highest BCUT2D eigenvalue weighted by atomic mass is 16.6. The van der Waals surface area contributed by atoms with Gasteiger partial charge in [-0.25, -0.2) is 4.98 Å². The van der Waals surface area contributed by atoms with Crippen molar-refractivity contribution in [1.82, 2.24) is 14.9 Å². The van der Waals surface area contributed by atoms with E-state index in [2.05, 4.69) is 20.2 Å². The average molecular weight is 449 g/mol. The van der Waals surface area contributed by atoms with Gasteiger partial charge in [0.15, 0.2) is 11.5 Å². The first-order valence-corrected chi connectivity index (χ1v) is 11.4. The van der Waals surface area contributed by atoms with Crippen LogP contribution in [0.25, 0.3) is 10.9 Å². The first-order valence-electron chi connectivity index (χ1n) is 11.4. The number of carbonyl (C=O) groups excluding carboxylic acids is 1. The summed E-state index contributed by atoms with van der Waals surface area (Å²) in [6.07, 6.45) is 4.26. The molecule has 0 aliphatic carbocycles. The molecule has 4 heterocycles. The van der Waals surface area contributed by atoms with E-state index in [1.807, 2.05) is 36.4 Å². The molecule has 5 rings (SSSR count). The summed E-state index contributed by atoms with van der Waals surface area (Å²) in [5, 5.41) is 4.07. The molecule has 0 bridgehead atoms. The summed E-state index contributed by atoms with van der Waals surface area (Å²) in [4.78, 5) is 24.4. The van der Waals surface area contributed by atoms with Gasteiger partial charge in [-0.1, -0.05) is 12.1 Å². The van der Waals surface area contributed by atoms with Crippen LogP contribution in [-0.4, -0.2) is 60.7 Å². The lowest BCUT2D eigenvalue weighted by atomic mass is 9.95. The molecule has 8 heteroatoms. The average Bonchev–Trinajstić information content (AvgIpc) is 2.87. The Morgan fingerprint density at radius 3 is 2.79 bits per heavy atom. The van der Waals surface area contributed by atoms with Gasteiger partial charge in [0.25, 0.3) is 0 Å². The Labute approximate surface area is 192 Å². The first kappa shape index (κ1) is 21.5. The molecule has 1 fully saturated rings. The highest BCUT2D eigenvalue weighted by Crippen LogP contribution is 2.30. The maximum atomic E-state index is 13.0.